The third kappa shape index (κ3) is 2.02. The molecule has 0 saturated heterocycles. The van der Waals surface area contributed by atoms with E-state index in [1.807, 2.05) is 13.8 Å². The Kier molecular flexibility index (Phi) is 2.50. The van der Waals surface area contributed by atoms with Crippen LogP contribution in [-0.2, 0) is 28.4 Å². The molecule has 15 heavy (non-hydrogen) atoms. The highest BCUT2D eigenvalue weighted by atomic mass is 32.2. The largest absolute Gasteiger partial charge is 0.238 e. The zero-order valence-electron chi connectivity index (χ0n) is 8.95. The lowest BCUT2D eigenvalue weighted by molar-refractivity contribution is 0.589. The molecule has 0 spiro atoms. The Hall–Kier alpha value is -0.970. The minimum Gasteiger partial charge on any atom is -0.238 e. The van der Waals surface area contributed by atoms with Crippen LogP contribution in [0.25, 0.3) is 0 Å². The molecule has 0 saturated carbocycles. The van der Waals surface area contributed by atoms with Gasteiger partial charge in [0.15, 0.2) is 9.84 Å². The van der Waals surface area contributed by atoms with E-state index >= 15 is 0 Å². The van der Waals surface area contributed by atoms with Crippen molar-refractivity contribution < 1.29 is 8.42 Å². The summed E-state index contributed by atoms with van der Waals surface area (Å²) < 4.78 is 23.0. The topological polar surface area (TPSA) is 59.9 Å². The van der Waals surface area contributed by atoms with Crippen molar-refractivity contribution in [3.05, 3.63) is 22.8 Å². The molecule has 0 unspecified atom stereocenters. The average Bonchev–Trinajstić information content (AvgIpc) is 2.17. The van der Waals surface area contributed by atoms with Gasteiger partial charge in [-0.05, 0) is 13.3 Å². The molecule has 1 aromatic heterocycles. The molecule has 0 radical (unpaired) electrons. The number of sulfone groups is 1. The standard InChI is InChI=1S/C10H14N2O2S/c1-3-9-8-6-15(13,14)5-4-10(8)12-7(2)11-9/h3-6H2,1-2H3. The molecular formula is C10H14N2O2S. The van der Waals surface area contributed by atoms with Gasteiger partial charge in [0.05, 0.1) is 11.5 Å². The molecule has 0 atom stereocenters. The van der Waals surface area contributed by atoms with E-state index in [1.165, 1.54) is 0 Å². The van der Waals surface area contributed by atoms with Crippen molar-refractivity contribution in [2.24, 2.45) is 0 Å². The Morgan fingerprint density at radius 1 is 1.33 bits per heavy atom. The van der Waals surface area contributed by atoms with Crippen LogP contribution in [-0.4, -0.2) is 24.1 Å². The van der Waals surface area contributed by atoms with Gasteiger partial charge in [-0.25, -0.2) is 18.4 Å². The zero-order valence-corrected chi connectivity index (χ0v) is 9.76. The smallest absolute Gasteiger partial charge is 0.154 e. The second kappa shape index (κ2) is 3.56. The second-order valence-corrected chi connectivity index (χ2v) is 6.02. The summed E-state index contributed by atoms with van der Waals surface area (Å²) in [4.78, 5) is 8.61. The van der Waals surface area contributed by atoms with Crippen molar-refractivity contribution in [2.45, 2.75) is 32.4 Å². The van der Waals surface area contributed by atoms with E-state index in [0.29, 0.717) is 6.42 Å². The molecule has 0 fully saturated rings. The molecule has 4 nitrogen and oxygen atoms in total. The van der Waals surface area contributed by atoms with Gasteiger partial charge in [-0.3, -0.25) is 0 Å². The summed E-state index contributed by atoms with van der Waals surface area (Å²) in [7, 11) is -2.92. The Bertz CT molecular complexity index is 477. The summed E-state index contributed by atoms with van der Waals surface area (Å²) in [5.41, 5.74) is 2.66. The number of aromatic nitrogens is 2. The fraction of sp³-hybridized carbons (Fsp3) is 0.600. The van der Waals surface area contributed by atoms with Gasteiger partial charge in [0, 0.05) is 23.4 Å². The number of nitrogens with zero attached hydrogens (tertiary/aromatic N) is 2. The number of hydrogen-bond acceptors (Lipinski definition) is 4. The third-order valence-electron chi connectivity index (χ3n) is 2.64. The maximum absolute atomic E-state index is 11.5. The zero-order chi connectivity index (χ0) is 11.1. The van der Waals surface area contributed by atoms with Gasteiger partial charge in [0.25, 0.3) is 0 Å². The molecule has 0 N–H and O–H groups in total. The van der Waals surface area contributed by atoms with Crippen LogP contribution >= 0.6 is 0 Å². The van der Waals surface area contributed by atoms with Gasteiger partial charge in [0.1, 0.15) is 5.82 Å². The molecule has 0 aromatic carbocycles. The van der Waals surface area contributed by atoms with Crippen molar-refractivity contribution in [1.29, 1.82) is 0 Å². The molecule has 5 heteroatoms. The van der Waals surface area contributed by atoms with Gasteiger partial charge in [0.2, 0.25) is 0 Å². The fourth-order valence-electron chi connectivity index (χ4n) is 1.93. The lowest BCUT2D eigenvalue weighted by Gasteiger charge is -2.18. The van der Waals surface area contributed by atoms with E-state index in [0.717, 1.165) is 29.2 Å². The number of hydrogen-bond donors (Lipinski definition) is 0. The highest BCUT2D eigenvalue weighted by Crippen LogP contribution is 2.22. The Morgan fingerprint density at radius 3 is 2.73 bits per heavy atom. The summed E-state index contributed by atoms with van der Waals surface area (Å²) in [6.07, 6.45) is 1.30. The normalized spacial score (nSPS) is 18.5. The van der Waals surface area contributed by atoms with Crippen LogP contribution in [0.5, 0.6) is 0 Å². The van der Waals surface area contributed by atoms with E-state index < -0.39 is 9.84 Å². The molecular weight excluding hydrogens is 212 g/mol. The monoisotopic (exact) mass is 226 g/mol. The van der Waals surface area contributed by atoms with Crippen LogP contribution in [0.15, 0.2) is 0 Å². The van der Waals surface area contributed by atoms with Crippen LogP contribution in [0.1, 0.15) is 29.7 Å². The molecule has 82 valence electrons. The SMILES string of the molecule is CCc1nc(C)nc2c1CS(=O)(=O)CC2. The van der Waals surface area contributed by atoms with Crippen molar-refractivity contribution in [3.63, 3.8) is 0 Å². The highest BCUT2D eigenvalue weighted by Gasteiger charge is 2.25. The minimum absolute atomic E-state index is 0.117. The van der Waals surface area contributed by atoms with Crippen molar-refractivity contribution in [3.8, 4) is 0 Å². The van der Waals surface area contributed by atoms with Gasteiger partial charge < -0.3 is 0 Å². The Labute approximate surface area is 89.7 Å². The molecule has 1 aliphatic rings. The van der Waals surface area contributed by atoms with Crippen LogP contribution in [0.2, 0.25) is 0 Å². The maximum Gasteiger partial charge on any atom is 0.154 e. The van der Waals surface area contributed by atoms with Crippen LogP contribution in [0.4, 0.5) is 0 Å². The van der Waals surface area contributed by atoms with Crippen molar-refractivity contribution >= 4 is 9.84 Å². The van der Waals surface area contributed by atoms with E-state index in [9.17, 15) is 8.42 Å². The van der Waals surface area contributed by atoms with Crippen molar-refractivity contribution in [2.75, 3.05) is 5.75 Å². The van der Waals surface area contributed by atoms with Gasteiger partial charge in [-0.15, -0.1) is 0 Å². The average molecular weight is 226 g/mol. The molecule has 1 aliphatic heterocycles. The lowest BCUT2D eigenvalue weighted by atomic mass is 10.1. The van der Waals surface area contributed by atoms with E-state index in [2.05, 4.69) is 9.97 Å². The van der Waals surface area contributed by atoms with Crippen LogP contribution < -0.4 is 0 Å². The summed E-state index contributed by atoms with van der Waals surface area (Å²) in [5.74, 6) is 1.08. The third-order valence-corrected chi connectivity index (χ3v) is 4.19. The van der Waals surface area contributed by atoms with Gasteiger partial charge in [-0.1, -0.05) is 6.92 Å². The Balaban J connectivity index is 2.57. The molecule has 0 amide bonds. The quantitative estimate of drug-likeness (QED) is 0.711. The maximum atomic E-state index is 11.5. The summed E-state index contributed by atoms with van der Waals surface area (Å²) in [6, 6.07) is 0. The predicted molar refractivity (Wildman–Crippen MR) is 57.3 cm³/mol. The first-order valence-corrected chi connectivity index (χ1v) is 6.89. The van der Waals surface area contributed by atoms with E-state index in [1.54, 1.807) is 0 Å². The van der Waals surface area contributed by atoms with E-state index in [-0.39, 0.29) is 11.5 Å². The number of rotatable bonds is 1. The first-order valence-electron chi connectivity index (χ1n) is 5.07. The first kappa shape index (κ1) is 10.5. The molecule has 0 bridgehead atoms. The lowest BCUT2D eigenvalue weighted by Crippen LogP contribution is -2.22. The molecule has 2 rings (SSSR count). The molecule has 1 aromatic rings. The van der Waals surface area contributed by atoms with Crippen molar-refractivity contribution in [1.82, 2.24) is 9.97 Å². The van der Waals surface area contributed by atoms with Gasteiger partial charge >= 0.3 is 0 Å². The molecule has 2 heterocycles. The minimum atomic E-state index is -2.92. The van der Waals surface area contributed by atoms with Crippen LogP contribution in [0.3, 0.4) is 0 Å². The number of fused-ring (bicyclic) bond motifs is 1. The van der Waals surface area contributed by atoms with E-state index in [4.69, 9.17) is 0 Å². The number of aryl methyl sites for hydroxylation is 3. The highest BCUT2D eigenvalue weighted by molar-refractivity contribution is 7.90. The second-order valence-electron chi connectivity index (χ2n) is 3.84. The summed E-state index contributed by atoms with van der Waals surface area (Å²) >= 11 is 0. The molecule has 0 aliphatic carbocycles. The van der Waals surface area contributed by atoms with Crippen LogP contribution in [0, 0.1) is 6.92 Å². The Morgan fingerprint density at radius 2 is 2.07 bits per heavy atom. The predicted octanol–water partition coefficient (Wildman–Crippen LogP) is 0.818. The van der Waals surface area contributed by atoms with Gasteiger partial charge in [-0.2, -0.15) is 0 Å². The summed E-state index contributed by atoms with van der Waals surface area (Å²) in [6.45, 7) is 3.84. The first-order chi connectivity index (χ1) is 7.02. The summed E-state index contributed by atoms with van der Waals surface area (Å²) in [5, 5.41) is 0. The fourth-order valence-corrected chi connectivity index (χ4v) is 3.35.